The van der Waals surface area contributed by atoms with Gasteiger partial charge in [-0.05, 0) is 18.8 Å². The summed E-state index contributed by atoms with van der Waals surface area (Å²) in [5.41, 5.74) is 0.745. The second-order valence-corrected chi connectivity index (χ2v) is 2.49. The smallest absolute Gasteiger partial charge is 0.358 e. The molecule has 13 heavy (non-hydrogen) atoms. The Labute approximate surface area is 75.5 Å². The van der Waals surface area contributed by atoms with E-state index in [0.29, 0.717) is 6.54 Å². The fraction of sp³-hybridized carbons (Fsp3) is 0.375. The van der Waals surface area contributed by atoms with Gasteiger partial charge in [-0.25, -0.2) is 0 Å². The predicted octanol–water partition coefficient (Wildman–Crippen LogP) is 1.12. The highest BCUT2D eigenvalue weighted by molar-refractivity contribution is 5.21. The maximum atomic E-state index is 10.3. The molecule has 68 valence electrons. The van der Waals surface area contributed by atoms with Gasteiger partial charge in [0.2, 0.25) is 0 Å². The summed E-state index contributed by atoms with van der Waals surface area (Å²) in [6, 6.07) is 1.43. The maximum Gasteiger partial charge on any atom is 0.390 e. The van der Waals surface area contributed by atoms with E-state index >= 15 is 0 Å². The second kappa shape index (κ2) is 3.72. The lowest BCUT2D eigenvalue weighted by Gasteiger charge is -1.88. The van der Waals surface area contributed by atoms with E-state index in [1.165, 1.54) is 10.7 Å². The molecule has 1 heterocycles. The van der Waals surface area contributed by atoms with Crippen LogP contribution in [0.2, 0.25) is 0 Å². The van der Waals surface area contributed by atoms with Crippen LogP contribution in [-0.2, 0) is 6.54 Å². The fourth-order valence-corrected chi connectivity index (χ4v) is 0.896. The number of aromatic nitrogens is 2. The Morgan fingerprint density at radius 1 is 1.77 bits per heavy atom. The van der Waals surface area contributed by atoms with Crippen LogP contribution in [0.3, 0.4) is 0 Å². The largest absolute Gasteiger partial charge is 0.390 e. The maximum absolute atomic E-state index is 10.3. The molecule has 0 fully saturated rings. The molecule has 1 aromatic rings. The lowest BCUT2D eigenvalue weighted by atomic mass is 10.4. The van der Waals surface area contributed by atoms with Crippen molar-refractivity contribution in [3.63, 3.8) is 0 Å². The fourth-order valence-electron chi connectivity index (χ4n) is 0.896. The van der Waals surface area contributed by atoms with Crippen molar-refractivity contribution < 1.29 is 4.92 Å². The summed E-state index contributed by atoms with van der Waals surface area (Å²) in [7, 11) is 0. The molecule has 0 atom stereocenters. The Morgan fingerprint density at radius 2 is 2.46 bits per heavy atom. The van der Waals surface area contributed by atoms with E-state index in [-0.39, 0.29) is 5.82 Å². The molecule has 1 aromatic heterocycles. The molecule has 1 rings (SSSR count). The van der Waals surface area contributed by atoms with Gasteiger partial charge in [0.25, 0.3) is 0 Å². The molecule has 0 amide bonds. The van der Waals surface area contributed by atoms with Crippen molar-refractivity contribution in [2.75, 3.05) is 0 Å². The first kappa shape index (κ1) is 9.26. The summed E-state index contributed by atoms with van der Waals surface area (Å²) in [6.45, 7) is 3.88. The van der Waals surface area contributed by atoms with Crippen LogP contribution in [0.4, 0.5) is 5.82 Å². The lowest BCUT2D eigenvalue weighted by Crippen LogP contribution is -2.00. The van der Waals surface area contributed by atoms with Crippen molar-refractivity contribution in [1.82, 2.24) is 9.78 Å². The van der Waals surface area contributed by atoms with Crippen molar-refractivity contribution in [2.24, 2.45) is 0 Å². The van der Waals surface area contributed by atoms with Gasteiger partial charge in [-0.1, -0.05) is 5.92 Å². The van der Waals surface area contributed by atoms with Gasteiger partial charge in [0.05, 0.1) is 16.9 Å². The van der Waals surface area contributed by atoms with Gasteiger partial charge in [-0.3, -0.25) is 0 Å². The molecule has 0 aliphatic heterocycles. The number of nitrogens with zero attached hydrogens (tertiary/aromatic N) is 3. The number of hydrogen-bond donors (Lipinski definition) is 0. The van der Waals surface area contributed by atoms with Crippen molar-refractivity contribution in [2.45, 2.75) is 20.4 Å². The summed E-state index contributed by atoms with van der Waals surface area (Å²) in [5.74, 6) is 5.36. The molecule has 0 radical (unpaired) electrons. The molecular formula is C8H9N3O2. The first-order chi connectivity index (χ1) is 6.15. The third-order valence-electron chi connectivity index (χ3n) is 1.56. The number of rotatable bonds is 2. The molecule has 0 saturated heterocycles. The Bertz CT molecular complexity index is 384. The topological polar surface area (TPSA) is 61.0 Å². The van der Waals surface area contributed by atoms with Crippen LogP contribution in [0, 0.1) is 28.9 Å². The Hall–Kier alpha value is -1.83. The third-order valence-corrected chi connectivity index (χ3v) is 1.56. The van der Waals surface area contributed by atoms with Gasteiger partial charge in [-0.15, -0.1) is 5.92 Å². The van der Waals surface area contributed by atoms with Crippen LogP contribution in [-0.4, -0.2) is 14.7 Å². The van der Waals surface area contributed by atoms with Gasteiger partial charge < -0.3 is 10.1 Å². The highest BCUT2D eigenvalue weighted by Crippen LogP contribution is 2.09. The van der Waals surface area contributed by atoms with Crippen LogP contribution in [0.1, 0.15) is 12.6 Å². The molecule has 0 unspecified atom stereocenters. The number of aryl methyl sites for hydroxylation is 1. The minimum Gasteiger partial charge on any atom is -0.358 e. The Morgan fingerprint density at radius 3 is 2.92 bits per heavy atom. The molecule has 5 nitrogen and oxygen atoms in total. The molecule has 0 N–H and O–H groups in total. The minimum absolute atomic E-state index is 0.129. The van der Waals surface area contributed by atoms with Gasteiger partial charge in [-0.2, -0.15) is 4.68 Å². The van der Waals surface area contributed by atoms with Crippen LogP contribution in [0.15, 0.2) is 6.07 Å². The summed E-state index contributed by atoms with van der Waals surface area (Å²) >= 11 is 0. The molecule has 0 aliphatic rings. The quantitative estimate of drug-likeness (QED) is 0.388. The monoisotopic (exact) mass is 179 g/mol. The van der Waals surface area contributed by atoms with Crippen molar-refractivity contribution in [3.8, 4) is 11.8 Å². The zero-order valence-electron chi connectivity index (χ0n) is 7.44. The van der Waals surface area contributed by atoms with E-state index in [2.05, 4.69) is 16.9 Å². The molecule has 0 aliphatic carbocycles. The molecule has 0 saturated carbocycles. The molecule has 0 aromatic carbocycles. The van der Waals surface area contributed by atoms with Crippen LogP contribution >= 0.6 is 0 Å². The minimum atomic E-state index is -0.511. The van der Waals surface area contributed by atoms with Crippen LogP contribution < -0.4 is 0 Å². The van der Waals surface area contributed by atoms with Crippen molar-refractivity contribution in [3.05, 3.63) is 21.9 Å². The molecule has 0 spiro atoms. The lowest BCUT2D eigenvalue weighted by molar-refractivity contribution is -0.389. The summed E-state index contributed by atoms with van der Waals surface area (Å²) in [4.78, 5) is 9.82. The normalized spacial score (nSPS) is 9.08. The first-order valence-electron chi connectivity index (χ1n) is 3.73. The van der Waals surface area contributed by atoms with Crippen LogP contribution in [0.5, 0.6) is 0 Å². The number of nitro groups is 1. The van der Waals surface area contributed by atoms with Gasteiger partial charge >= 0.3 is 5.82 Å². The highest BCUT2D eigenvalue weighted by Gasteiger charge is 2.13. The van der Waals surface area contributed by atoms with E-state index in [4.69, 9.17) is 0 Å². The van der Waals surface area contributed by atoms with Gasteiger partial charge in [0.1, 0.15) is 6.54 Å². The third kappa shape index (κ3) is 2.06. The zero-order valence-corrected chi connectivity index (χ0v) is 7.44. The van der Waals surface area contributed by atoms with Crippen molar-refractivity contribution >= 4 is 5.82 Å². The number of hydrogen-bond acceptors (Lipinski definition) is 3. The first-order valence-corrected chi connectivity index (χ1v) is 3.73. The average Bonchev–Trinajstić information content (AvgIpc) is 2.44. The second-order valence-electron chi connectivity index (χ2n) is 2.49. The van der Waals surface area contributed by atoms with E-state index in [1.54, 1.807) is 13.8 Å². The Kier molecular flexibility index (Phi) is 2.65. The highest BCUT2D eigenvalue weighted by atomic mass is 16.6. The molecule has 0 bridgehead atoms. The molecular weight excluding hydrogens is 170 g/mol. The van der Waals surface area contributed by atoms with E-state index in [0.717, 1.165) is 5.69 Å². The Balaban J connectivity index is 2.94. The molecule has 5 heteroatoms. The van der Waals surface area contributed by atoms with Crippen molar-refractivity contribution in [1.29, 1.82) is 0 Å². The standard InChI is InChI=1S/C8H9N3O2/c1-3-4-5-10-7(2)6-8(9-10)11(12)13/h6H,5H2,1-2H3. The van der Waals surface area contributed by atoms with E-state index in [9.17, 15) is 10.1 Å². The summed E-state index contributed by atoms with van der Waals surface area (Å²) in [6.07, 6.45) is 0. The average molecular weight is 179 g/mol. The van der Waals surface area contributed by atoms with Gasteiger partial charge in [0, 0.05) is 0 Å². The van der Waals surface area contributed by atoms with E-state index in [1.807, 2.05) is 0 Å². The predicted molar refractivity (Wildman–Crippen MR) is 47.1 cm³/mol. The SMILES string of the molecule is CC#CCn1nc([N+](=O)[O-])cc1C. The summed E-state index contributed by atoms with van der Waals surface area (Å²) in [5, 5.41) is 14.1. The van der Waals surface area contributed by atoms with Crippen LogP contribution in [0.25, 0.3) is 0 Å². The van der Waals surface area contributed by atoms with E-state index < -0.39 is 4.92 Å². The summed E-state index contributed by atoms with van der Waals surface area (Å²) < 4.78 is 1.51. The zero-order chi connectivity index (χ0) is 9.84. The van der Waals surface area contributed by atoms with Gasteiger partial charge in [0.15, 0.2) is 0 Å².